The molecule has 1 heterocycles. The molecule has 1 aromatic carbocycles. The number of amides is 2. The lowest BCUT2D eigenvalue weighted by Gasteiger charge is -2.17. The molecule has 0 bridgehead atoms. The fraction of sp³-hybridized carbons (Fsp3) is 0.417. The van der Waals surface area contributed by atoms with E-state index in [0.29, 0.717) is 11.3 Å². The molecule has 7 heteroatoms. The van der Waals surface area contributed by atoms with Gasteiger partial charge >= 0.3 is 12.1 Å². The quantitative estimate of drug-likeness (QED) is 0.790. The monoisotopic (exact) mass is 274 g/mol. The molecule has 2 amide bonds. The summed E-state index contributed by atoms with van der Waals surface area (Å²) in [6.07, 6.45) is 0. The maximum Gasteiger partial charge on any atom is 0.348 e. The Morgan fingerprint density at radius 2 is 1.95 bits per heavy atom. The Bertz CT molecular complexity index is 465. The van der Waals surface area contributed by atoms with Crippen molar-refractivity contribution in [1.29, 1.82) is 0 Å². The molecule has 0 N–H and O–H groups in total. The van der Waals surface area contributed by atoms with E-state index in [4.69, 9.17) is 4.74 Å². The fourth-order valence-corrected chi connectivity index (χ4v) is 1.91. The van der Waals surface area contributed by atoms with Gasteiger partial charge in [0.25, 0.3) is 0 Å². The molecule has 2 rings (SSSR count). The number of nitrogens with zero attached hydrogens (tertiary/aromatic N) is 2. The van der Waals surface area contributed by atoms with Gasteiger partial charge in [0.15, 0.2) is 6.80 Å². The Hall–Kier alpha value is -1.92. The van der Waals surface area contributed by atoms with Crippen molar-refractivity contribution in [1.82, 2.24) is 9.80 Å². The molecule has 19 heavy (non-hydrogen) atoms. The van der Waals surface area contributed by atoms with Crippen molar-refractivity contribution >= 4 is 6.03 Å². The molecular formula is C12H13F3N2O2. The van der Waals surface area contributed by atoms with Crippen LogP contribution in [0.2, 0.25) is 0 Å². The van der Waals surface area contributed by atoms with Gasteiger partial charge in [-0.2, -0.15) is 8.78 Å². The fourth-order valence-electron chi connectivity index (χ4n) is 1.91. The van der Waals surface area contributed by atoms with E-state index in [0.717, 1.165) is 4.90 Å². The molecule has 1 saturated heterocycles. The van der Waals surface area contributed by atoms with E-state index in [2.05, 4.69) is 0 Å². The van der Waals surface area contributed by atoms with Crippen molar-refractivity contribution in [2.45, 2.75) is 12.6 Å². The predicted molar refractivity (Wildman–Crippen MR) is 61.6 cm³/mol. The number of hydrogen-bond donors (Lipinski definition) is 0. The van der Waals surface area contributed by atoms with Gasteiger partial charge in [-0.1, -0.05) is 12.1 Å². The normalized spacial score (nSPS) is 18.0. The third-order valence-electron chi connectivity index (χ3n) is 2.93. The number of urea groups is 1. The van der Waals surface area contributed by atoms with Crippen LogP contribution in [0.5, 0.6) is 5.75 Å². The van der Waals surface area contributed by atoms with Crippen LogP contribution >= 0.6 is 0 Å². The second-order valence-corrected chi connectivity index (χ2v) is 4.20. The zero-order valence-electron chi connectivity index (χ0n) is 10.3. The van der Waals surface area contributed by atoms with Gasteiger partial charge in [-0.3, -0.25) is 0 Å². The Morgan fingerprint density at radius 1 is 1.32 bits per heavy atom. The van der Waals surface area contributed by atoms with Crippen LogP contribution in [0.4, 0.5) is 18.0 Å². The van der Waals surface area contributed by atoms with Crippen molar-refractivity contribution < 1.29 is 22.7 Å². The Kier molecular flexibility index (Phi) is 3.55. The second-order valence-electron chi connectivity index (χ2n) is 4.20. The topological polar surface area (TPSA) is 32.8 Å². The summed E-state index contributed by atoms with van der Waals surface area (Å²) in [4.78, 5) is 12.4. The summed E-state index contributed by atoms with van der Waals surface area (Å²) >= 11 is 0. The molecule has 1 aliphatic heterocycles. The van der Waals surface area contributed by atoms with E-state index in [1.807, 2.05) is 0 Å². The molecule has 0 atom stereocenters. The molecule has 1 aromatic rings. The number of ether oxygens (including phenoxy) is 1. The molecule has 0 spiro atoms. The minimum Gasteiger partial charge on any atom is -0.497 e. The Balaban J connectivity index is 2.09. The van der Waals surface area contributed by atoms with Gasteiger partial charge in [-0.15, -0.1) is 0 Å². The van der Waals surface area contributed by atoms with E-state index in [1.54, 1.807) is 24.3 Å². The number of methoxy groups -OCH3 is 1. The molecule has 0 radical (unpaired) electrons. The van der Waals surface area contributed by atoms with E-state index >= 15 is 0 Å². The first-order valence-corrected chi connectivity index (χ1v) is 5.61. The van der Waals surface area contributed by atoms with Crippen LogP contribution in [-0.4, -0.2) is 42.3 Å². The third-order valence-corrected chi connectivity index (χ3v) is 2.93. The highest BCUT2D eigenvalue weighted by atomic mass is 19.3. The SMILES string of the molecule is COc1ccc(CN2CC(F)(F)N(CF)C2=O)cc1. The summed E-state index contributed by atoms with van der Waals surface area (Å²) in [6.45, 7) is -2.29. The van der Waals surface area contributed by atoms with E-state index < -0.39 is 25.4 Å². The van der Waals surface area contributed by atoms with Crippen LogP contribution in [0.25, 0.3) is 0 Å². The highest BCUT2D eigenvalue weighted by Gasteiger charge is 2.51. The largest absolute Gasteiger partial charge is 0.497 e. The minimum atomic E-state index is -3.46. The number of carbonyl (C=O) groups excluding carboxylic acids is 1. The molecule has 1 aliphatic rings. The summed E-state index contributed by atoms with van der Waals surface area (Å²) in [7, 11) is 1.51. The van der Waals surface area contributed by atoms with E-state index in [-0.39, 0.29) is 11.4 Å². The molecule has 0 unspecified atom stereocenters. The van der Waals surface area contributed by atoms with Crippen LogP contribution in [0.1, 0.15) is 5.56 Å². The maximum atomic E-state index is 13.3. The summed E-state index contributed by atoms with van der Waals surface area (Å²) in [6, 6.07) is 2.22. The average molecular weight is 274 g/mol. The van der Waals surface area contributed by atoms with Crippen LogP contribution < -0.4 is 4.74 Å². The first-order chi connectivity index (χ1) is 8.97. The second kappa shape index (κ2) is 4.99. The Labute approximate surface area is 108 Å². The van der Waals surface area contributed by atoms with Crippen LogP contribution in [0, 0.1) is 0 Å². The molecule has 1 fully saturated rings. The lowest BCUT2D eigenvalue weighted by Crippen LogP contribution is -2.38. The van der Waals surface area contributed by atoms with Crippen LogP contribution in [0.15, 0.2) is 24.3 Å². The van der Waals surface area contributed by atoms with Gasteiger partial charge in [-0.25, -0.2) is 14.1 Å². The van der Waals surface area contributed by atoms with Crippen molar-refractivity contribution in [3.63, 3.8) is 0 Å². The van der Waals surface area contributed by atoms with Gasteiger partial charge in [0.2, 0.25) is 0 Å². The van der Waals surface area contributed by atoms with E-state index in [1.165, 1.54) is 7.11 Å². The van der Waals surface area contributed by atoms with Gasteiger partial charge in [0, 0.05) is 6.54 Å². The standard InChI is InChI=1S/C12H13F3N2O2/c1-19-10-4-2-9(3-5-10)6-16-7-12(14,15)17(8-13)11(16)18/h2-5H,6-8H2,1H3. The lowest BCUT2D eigenvalue weighted by atomic mass is 10.2. The van der Waals surface area contributed by atoms with E-state index in [9.17, 15) is 18.0 Å². The first-order valence-electron chi connectivity index (χ1n) is 5.61. The molecule has 0 saturated carbocycles. The van der Waals surface area contributed by atoms with Crippen molar-refractivity contribution in [2.75, 3.05) is 20.5 Å². The van der Waals surface area contributed by atoms with Crippen molar-refractivity contribution in [3.05, 3.63) is 29.8 Å². The number of carbonyl (C=O) groups is 1. The highest BCUT2D eigenvalue weighted by Crippen LogP contribution is 2.30. The predicted octanol–water partition coefficient (Wildman–Crippen LogP) is 2.45. The number of halogens is 3. The third kappa shape index (κ3) is 2.59. The lowest BCUT2D eigenvalue weighted by molar-refractivity contribution is -0.108. The average Bonchev–Trinajstić information content (AvgIpc) is 2.60. The van der Waals surface area contributed by atoms with Gasteiger partial charge < -0.3 is 9.64 Å². The van der Waals surface area contributed by atoms with Crippen LogP contribution in [0.3, 0.4) is 0 Å². The number of alkyl halides is 3. The summed E-state index contributed by atoms with van der Waals surface area (Å²) in [5.74, 6) is 0.632. The number of hydrogen-bond acceptors (Lipinski definition) is 2. The molecular weight excluding hydrogens is 261 g/mol. The van der Waals surface area contributed by atoms with Gasteiger partial charge in [0.1, 0.15) is 12.3 Å². The van der Waals surface area contributed by atoms with Crippen molar-refractivity contribution in [3.8, 4) is 5.75 Å². The van der Waals surface area contributed by atoms with Gasteiger partial charge in [0.05, 0.1) is 7.11 Å². The number of rotatable bonds is 4. The van der Waals surface area contributed by atoms with Crippen molar-refractivity contribution in [2.24, 2.45) is 0 Å². The molecule has 104 valence electrons. The minimum absolute atomic E-state index is 0.00885. The maximum absolute atomic E-state index is 13.3. The molecule has 0 aromatic heterocycles. The molecule has 4 nitrogen and oxygen atoms in total. The summed E-state index contributed by atoms with van der Waals surface area (Å²) < 4.78 is 44.1. The first kappa shape index (κ1) is 13.5. The highest BCUT2D eigenvalue weighted by molar-refractivity contribution is 5.77. The van der Waals surface area contributed by atoms with Gasteiger partial charge in [-0.05, 0) is 17.7 Å². The zero-order valence-corrected chi connectivity index (χ0v) is 10.3. The summed E-state index contributed by atoms with van der Waals surface area (Å²) in [5, 5.41) is 0. The number of benzene rings is 1. The zero-order chi connectivity index (χ0) is 14.0. The molecule has 0 aliphatic carbocycles. The van der Waals surface area contributed by atoms with Crippen LogP contribution in [-0.2, 0) is 6.54 Å². The smallest absolute Gasteiger partial charge is 0.348 e. The Morgan fingerprint density at radius 3 is 2.42 bits per heavy atom. The summed E-state index contributed by atoms with van der Waals surface area (Å²) in [5.41, 5.74) is 0.672.